The minimum absolute atomic E-state index is 0.179. The third kappa shape index (κ3) is 2.73. The Morgan fingerprint density at radius 1 is 0.900 bits per heavy atom. The van der Waals surface area contributed by atoms with Crippen molar-refractivity contribution in [2.24, 2.45) is 0 Å². The molecule has 0 amide bonds. The Bertz CT molecular complexity index is 583. The summed E-state index contributed by atoms with van der Waals surface area (Å²) in [5.41, 5.74) is 2.85. The van der Waals surface area contributed by atoms with Crippen molar-refractivity contribution in [3.63, 3.8) is 0 Å². The molecule has 0 aliphatic heterocycles. The molecule has 2 aromatic rings. The van der Waals surface area contributed by atoms with Gasteiger partial charge in [-0.3, -0.25) is 0 Å². The Morgan fingerprint density at radius 2 is 1.60 bits per heavy atom. The van der Waals surface area contributed by atoms with Gasteiger partial charge in [0.2, 0.25) is 0 Å². The van der Waals surface area contributed by atoms with E-state index < -0.39 is 0 Å². The summed E-state index contributed by atoms with van der Waals surface area (Å²) in [4.78, 5) is 0. The lowest BCUT2D eigenvalue weighted by Gasteiger charge is -2.22. The van der Waals surface area contributed by atoms with E-state index in [4.69, 9.17) is 11.6 Å². The molecule has 1 saturated carbocycles. The molecule has 0 N–H and O–H groups in total. The van der Waals surface area contributed by atoms with Crippen molar-refractivity contribution in [1.29, 1.82) is 0 Å². The Labute approximate surface area is 124 Å². The monoisotopic (exact) mass is 288 g/mol. The Kier molecular flexibility index (Phi) is 4.07. The zero-order chi connectivity index (χ0) is 13.9. The predicted octanol–water partition coefficient (Wildman–Crippen LogP) is 6.19. The highest BCUT2D eigenvalue weighted by atomic mass is 35.5. The van der Waals surface area contributed by atoms with Crippen LogP contribution in [0, 0.1) is 5.82 Å². The standard InChI is InChI=1S/C18H18ClF/c19-17-8-4-7-16(18(17)20)15-11-9-14(10-12-15)13-5-2-1-3-6-13/h4,7-13H,1-3,5-6H2. The predicted molar refractivity (Wildman–Crippen MR) is 82.7 cm³/mol. The van der Waals surface area contributed by atoms with Gasteiger partial charge in [0.25, 0.3) is 0 Å². The van der Waals surface area contributed by atoms with Crippen LogP contribution in [-0.4, -0.2) is 0 Å². The maximum Gasteiger partial charge on any atom is 0.149 e. The summed E-state index contributed by atoms with van der Waals surface area (Å²) < 4.78 is 14.0. The second-order valence-corrected chi connectivity index (χ2v) is 5.97. The van der Waals surface area contributed by atoms with Crippen LogP contribution in [0.2, 0.25) is 5.02 Å². The molecule has 0 unspecified atom stereocenters. The quantitative estimate of drug-likeness (QED) is 0.618. The maximum absolute atomic E-state index is 14.0. The molecule has 0 saturated heterocycles. The highest BCUT2D eigenvalue weighted by Gasteiger charge is 2.15. The van der Waals surface area contributed by atoms with Gasteiger partial charge in [0.15, 0.2) is 0 Å². The zero-order valence-electron chi connectivity index (χ0n) is 11.4. The van der Waals surface area contributed by atoms with Crippen LogP contribution >= 0.6 is 11.6 Å². The van der Waals surface area contributed by atoms with E-state index in [1.54, 1.807) is 18.2 Å². The third-order valence-corrected chi connectivity index (χ3v) is 4.54. The van der Waals surface area contributed by atoms with E-state index in [-0.39, 0.29) is 10.8 Å². The molecule has 3 rings (SSSR count). The zero-order valence-corrected chi connectivity index (χ0v) is 12.2. The van der Waals surface area contributed by atoms with Gasteiger partial charge in [-0.15, -0.1) is 0 Å². The molecule has 1 fully saturated rings. The van der Waals surface area contributed by atoms with Crippen molar-refractivity contribution in [2.75, 3.05) is 0 Å². The average molecular weight is 289 g/mol. The molecule has 1 aliphatic carbocycles. The molecule has 2 heteroatoms. The Morgan fingerprint density at radius 3 is 2.30 bits per heavy atom. The van der Waals surface area contributed by atoms with Crippen LogP contribution in [0.25, 0.3) is 11.1 Å². The van der Waals surface area contributed by atoms with Crippen LogP contribution in [-0.2, 0) is 0 Å². The van der Waals surface area contributed by atoms with Gasteiger partial charge in [0.05, 0.1) is 5.02 Å². The van der Waals surface area contributed by atoms with E-state index in [2.05, 4.69) is 12.1 Å². The van der Waals surface area contributed by atoms with Gasteiger partial charge in [-0.05, 0) is 36.0 Å². The summed E-state index contributed by atoms with van der Waals surface area (Å²) in [5.74, 6) is 0.349. The molecule has 0 radical (unpaired) electrons. The summed E-state index contributed by atoms with van der Waals surface area (Å²) in [6.45, 7) is 0. The first-order chi connectivity index (χ1) is 9.75. The smallest absolute Gasteiger partial charge is 0.149 e. The molecule has 1 aliphatic rings. The Balaban J connectivity index is 1.87. The Hall–Kier alpha value is -1.34. The van der Waals surface area contributed by atoms with Crippen molar-refractivity contribution in [3.05, 3.63) is 58.9 Å². The summed E-state index contributed by atoms with van der Waals surface area (Å²) in [7, 11) is 0. The highest BCUT2D eigenvalue weighted by molar-refractivity contribution is 6.31. The minimum Gasteiger partial charge on any atom is -0.205 e. The van der Waals surface area contributed by atoms with Crippen LogP contribution in [0.5, 0.6) is 0 Å². The summed E-state index contributed by atoms with van der Waals surface area (Å²) in [5, 5.41) is 0.179. The maximum atomic E-state index is 14.0. The summed E-state index contributed by atoms with van der Waals surface area (Å²) >= 11 is 5.84. The van der Waals surface area contributed by atoms with E-state index in [1.165, 1.54) is 37.7 Å². The second-order valence-electron chi connectivity index (χ2n) is 5.56. The number of rotatable bonds is 2. The molecule has 0 nitrogen and oxygen atoms in total. The fraction of sp³-hybridized carbons (Fsp3) is 0.333. The lowest BCUT2D eigenvalue weighted by Crippen LogP contribution is -2.04. The topological polar surface area (TPSA) is 0 Å². The van der Waals surface area contributed by atoms with E-state index >= 15 is 0 Å². The van der Waals surface area contributed by atoms with Crippen molar-refractivity contribution in [2.45, 2.75) is 38.0 Å². The van der Waals surface area contributed by atoms with Gasteiger partial charge in [-0.1, -0.05) is 67.3 Å². The molecule has 2 aromatic carbocycles. The van der Waals surface area contributed by atoms with Crippen LogP contribution < -0.4 is 0 Å². The van der Waals surface area contributed by atoms with Gasteiger partial charge < -0.3 is 0 Å². The van der Waals surface area contributed by atoms with Gasteiger partial charge in [-0.25, -0.2) is 4.39 Å². The van der Waals surface area contributed by atoms with E-state index in [0.29, 0.717) is 11.5 Å². The second kappa shape index (κ2) is 5.97. The van der Waals surface area contributed by atoms with Gasteiger partial charge >= 0.3 is 0 Å². The van der Waals surface area contributed by atoms with Crippen LogP contribution in [0.15, 0.2) is 42.5 Å². The minimum atomic E-state index is -0.334. The van der Waals surface area contributed by atoms with Crippen LogP contribution in [0.3, 0.4) is 0 Å². The normalized spacial score (nSPS) is 16.3. The van der Waals surface area contributed by atoms with Crippen molar-refractivity contribution >= 4 is 11.6 Å². The van der Waals surface area contributed by atoms with Gasteiger partial charge in [0.1, 0.15) is 5.82 Å². The lowest BCUT2D eigenvalue weighted by molar-refractivity contribution is 0.443. The number of hydrogen-bond acceptors (Lipinski definition) is 0. The molecule has 104 valence electrons. The first-order valence-corrected chi connectivity index (χ1v) is 7.68. The van der Waals surface area contributed by atoms with Gasteiger partial charge in [0, 0.05) is 5.56 Å². The van der Waals surface area contributed by atoms with Crippen LogP contribution in [0.4, 0.5) is 4.39 Å². The SMILES string of the molecule is Fc1c(Cl)cccc1-c1ccc(C2CCCCC2)cc1. The van der Waals surface area contributed by atoms with Gasteiger partial charge in [-0.2, -0.15) is 0 Å². The molecule has 20 heavy (non-hydrogen) atoms. The van der Waals surface area contributed by atoms with Crippen LogP contribution in [0.1, 0.15) is 43.6 Å². The molecule has 0 heterocycles. The molecular weight excluding hydrogens is 271 g/mol. The number of halogens is 2. The first kappa shape index (κ1) is 13.6. The van der Waals surface area contributed by atoms with Crippen molar-refractivity contribution in [3.8, 4) is 11.1 Å². The van der Waals surface area contributed by atoms with Crippen molar-refractivity contribution < 1.29 is 4.39 Å². The first-order valence-electron chi connectivity index (χ1n) is 7.30. The largest absolute Gasteiger partial charge is 0.205 e. The summed E-state index contributed by atoms with van der Waals surface area (Å²) in [6, 6.07) is 13.5. The van der Waals surface area contributed by atoms with E-state index in [0.717, 1.165) is 5.56 Å². The number of hydrogen-bond donors (Lipinski definition) is 0. The molecule has 0 bridgehead atoms. The third-order valence-electron chi connectivity index (χ3n) is 4.25. The lowest BCUT2D eigenvalue weighted by atomic mass is 9.84. The highest BCUT2D eigenvalue weighted by Crippen LogP contribution is 2.34. The summed E-state index contributed by atoms with van der Waals surface area (Å²) in [6.07, 6.45) is 6.59. The molecular formula is C18H18ClF. The van der Waals surface area contributed by atoms with Crippen molar-refractivity contribution in [1.82, 2.24) is 0 Å². The van der Waals surface area contributed by atoms with E-state index in [1.807, 2.05) is 12.1 Å². The number of benzene rings is 2. The fourth-order valence-electron chi connectivity index (χ4n) is 3.10. The van der Waals surface area contributed by atoms with E-state index in [9.17, 15) is 4.39 Å². The fourth-order valence-corrected chi connectivity index (χ4v) is 3.27. The average Bonchev–Trinajstić information content (AvgIpc) is 2.51. The molecule has 0 aromatic heterocycles. The molecule has 0 spiro atoms. The molecule has 0 atom stereocenters.